The van der Waals surface area contributed by atoms with E-state index < -0.39 is 54.1 Å². The minimum absolute atomic E-state index is 0.0152. The first-order chi connectivity index (χ1) is 14.3. The maximum atomic E-state index is 14.3. The van der Waals surface area contributed by atoms with Crippen molar-refractivity contribution in [2.75, 3.05) is 20.8 Å². The van der Waals surface area contributed by atoms with Crippen molar-refractivity contribution >= 4 is 5.91 Å². The Bertz CT molecular complexity index is 1080. The van der Waals surface area contributed by atoms with E-state index in [0.717, 1.165) is 0 Å². The molecule has 1 aromatic carbocycles. The molecule has 0 amide bonds. The topological polar surface area (TPSA) is 149 Å². The van der Waals surface area contributed by atoms with Crippen LogP contribution in [-0.4, -0.2) is 69.5 Å². The average molecular weight is 426 g/mol. The number of carbonyl (C=O) groups excluding carboxylic acids is 1. The number of rotatable bonds is 5. The smallest absolute Gasteiger partial charge is 0.340 e. The van der Waals surface area contributed by atoms with E-state index in [2.05, 4.69) is 0 Å². The van der Waals surface area contributed by atoms with Crippen molar-refractivity contribution in [3.05, 3.63) is 56.6 Å². The van der Waals surface area contributed by atoms with Crippen LogP contribution in [-0.2, 0) is 4.74 Å². The summed E-state index contributed by atoms with van der Waals surface area (Å²) >= 11 is 0. The van der Waals surface area contributed by atoms with Crippen molar-refractivity contribution in [2.45, 2.75) is 24.5 Å². The van der Waals surface area contributed by atoms with E-state index in [0.29, 0.717) is 10.8 Å². The van der Waals surface area contributed by atoms with E-state index in [-0.39, 0.29) is 21.6 Å². The van der Waals surface area contributed by atoms with Gasteiger partial charge < -0.3 is 29.5 Å². The number of hydrogen-bond donors (Lipinski definition) is 3. The van der Waals surface area contributed by atoms with Gasteiger partial charge in [0.1, 0.15) is 18.3 Å². The summed E-state index contributed by atoms with van der Waals surface area (Å²) in [5.74, 6) is -2.64. The predicted molar refractivity (Wildman–Crippen MR) is 97.2 cm³/mol. The van der Waals surface area contributed by atoms with Gasteiger partial charge in [-0.2, -0.15) is 8.96 Å². The summed E-state index contributed by atoms with van der Waals surface area (Å²) in [7, 11) is 2.55. The number of nitrogens with zero attached hydrogens (tertiary/aromatic N) is 2. The second kappa shape index (κ2) is 8.36. The Labute approximate surface area is 168 Å². The molecule has 4 atom stereocenters. The molecule has 2 aromatic rings. The number of carbonyl (C=O) groups is 1. The number of benzene rings is 1. The lowest BCUT2D eigenvalue weighted by molar-refractivity contribution is -0.0558. The highest BCUT2D eigenvalue weighted by atomic mass is 19.1. The van der Waals surface area contributed by atoms with Crippen LogP contribution in [0.15, 0.2) is 34.0 Å². The number of hydrogen-bond acceptors (Lipinski definition) is 9. The quantitative estimate of drug-likeness (QED) is 0.517. The van der Waals surface area contributed by atoms with Crippen LogP contribution in [0.3, 0.4) is 0 Å². The third kappa shape index (κ3) is 3.39. The lowest BCUT2D eigenvalue weighted by Gasteiger charge is -2.19. The Morgan fingerprint density at radius 3 is 2.47 bits per heavy atom. The van der Waals surface area contributed by atoms with Crippen LogP contribution in [0, 0.1) is 5.82 Å². The Kier molecular flexibility index (Phi) is 6.03. The molecule has 3 rings (SSSR count). The molecular formula is C18H19FN2O9. The van der Waals surface area contributed by atoms with E-state index in [1.165, 1.54) is 32.4 Å². The molecule has 0 bridgehead atoms. The van der Waals surface area contributed by atoms with Crippen LogP contribution in [0.1, 0.15) is 16.6 Å². The van der Waals surface area contributed by atoms with Gasteiger partial charge in [0.05, 0.1) is 32.6 Å². The van der Waals surface area contributed by atoms with Crippen molar-refractivity contribution < 1.29 is 38.7 Å². The zero-order valence-electron chi connectivity index (χ0n) is 15.9. The van der Waals surface area contributed by atoms with Gasteiger partial charge in [0.15, 0.2) is 17.7 Å². The van der Waals surface area contributed by atoms with Crippen LogP contribution >= 0.6 is 0 Å². The molecule has 0 spiro atoms. The minimum Gasteiger partial charge on any atom is -0.493 e. The Morgan fingerprint density at radius 1 is 1.20 bits per heavy atom. The molecule has 1 aromatic heterocycles. The van der Waals surface area contributed by atoms with E-state index in [1.807, 2.05) is 0 Å². The maximum absolute atomic E-state index is 14.3. The van der Waals surface area contributed by atoms with Gasteiger partial charge in [0.25, 0.3) is 11.5 Å². The first kappa shape index (κ1) is 21.6. The fraction of sp³-hybridized carbons (Fsp3) is 0.389. The summed E-state index contributed by atoms with van der Waals surface area (Å²) in [6.07, 6.45) is -5.76. The highest BCUT2D eigenvalue weighted by molar-refractivity contribution is 5.99. The van der Waals surface area contributed by atoms with Gasteiger partial charge in [-0.1, -0.05) is 6.07 Å². The largest absolute Gasteiger partial charge is 0.493 e. The first-order valence-electron chi connectivity index (χ1n) is 8.68. The van der Waals surface area contributed by atoms with E-state index in [9.17, 15) is 34.1 Å². The zero-order valence-corrected chi connectivity index (χ0v) is 15.9. The summed E-state index contributed by atoms with van der Waals surface area (Å²) in [5, 5.41) is 29.2. The minimum atomic E-state index is -1.73. The number of ether oxygens (including phenoxy) is 3. The molecule has 162 valence electrons. The molecule has 3 N–H and O–H groups in total. The molecule has 1 saturated heterocycles. The molecule has 0 radical (unpaired) electrons. The molecule has 1 aliphatic rings. The fourth-order valence-corrected chi connectivity index (χ4v) is 3.19. The Balaban J connectivity index is 2.18. The third-order valence-electron chi connectivity index (χ3n) is 4.70. The van der Waals surface area contributed by atoms with Crippen molar-refractivity contribution in [1.82, 2.24) is 9.13 Å². The second-order valence-electron chi connectivity index (χ2n) is 6.38. The third-order valence-corrected chi connectivity index (χ3v) is 4.70. The Hall–Kier alpha value is -3.06. The van der Waals surface area contributed by atoms with Crippen molar-refractivity contribution in [3.63, 3.8) is 0 Å². The molecule has 1 aliphatic heterocycles. The van der Waals surface area contributed by atoms with Crippen LogP contribution in [0.5, 0.6) is 11.5 Å². The van der Waals surface area contributed by atoms with Gasteiger partial charge in [0.2, 0.25) is 5.82 Å². The molecule has 30 heavy (non-hydrogen) atoms. The average Bonchev–Trinajstić information content (AvgIpc) is 3.03. The lowest BCUT2D eigenvalue weighted by atomic mass is 10.1. The number of methoxy groups -OCH3 is 2. The summed E-state index contributed by atoms with van der Waals surface area (Å²) in [4.78, 5) is 38.1. The summed E-state index contributed by atoms with van der Waals surface area (Å²) in [6, 6.07) is 4.13. The molecular weight excluding hydrogens is 407 g/mol. The first-order valence-corrected chi connectivity index (χ1v) is 8.68. The normalized spacial score (nSPS) is 23.4. The summed E-state index contributed by atoms with van der Waals surface area (Å²) in [6.45, 7) is -0.689. The van der Waals surface area contributed by atoms with Crippen molar-refractivity contribution in [1.29, 1.82) is 0 Å². The predicted octanol–water partition coefficient (Wildman–Crippen LogP) is -1.53. The Morgan fingerprint density at radius 2 is 1.90 bits per heavy atom. The molecule has 0 saturated carbocycles. The number of aliphatic hydroxyl groups is 3. The van der Waals surface area contributed by atoms with Crippen LogP contribution in [0.25, 0.3) is 0 Å². The van der Waals surface area contributed by atoms with Gasteiger partial charge in [-0.05, 0) is 12.1 Å². The van der Waals surface area contributed by atoms with E-state index in [4.69, 9.17) is 14.2 Å². The molecule has 11 nitrogen and oxygen atoms in total. The highest BCUT2D eigenvalue weighted by Gasteiger charge is 2.44. The molecule has 0 unspecified atom stereocenters. The number of halogens is 1. The van der Waals surface area contributed by atoms with Crippen molar-refractivity contribution in [3.8, 4) is 11.5 Å². The van der Waals surface area contributed by atoms with Gasteiger partial charge in [0, 0.05) is 0 Å². The molecule has 0 aliphatic carbocycles. The SMILES string of the molecule is COc1cccc(C(=O)n2c(=O)c(F)cn([C@@H]3O[C@H](CO)[C@@H](O)[C@H]3O)c2=O)c1OC. The second-order valence-corrected chi connectivity index (χ2v) is 6.38. The monoisotopic (exact) mass is 426 g/mol. The van der Waals surface area contributed by atoms with Crippen molar-refractivity contribution in [2.24, 2.45) is 0 Å². The van der Waals surface area contributed by atoms with Gasteiger partial charge in [-0.25, -0.2) is 4.79 Å². The lowest BCUT2D eigenvalue weighted by Crippen LogP contribution is -2.47. The van der Waals surface area contributed by atoms with E-state index in [1.54, 1.807) is 0 Å². The van der Waals surface area contributed by atoms with Gasteiger partial charge in [-0.15, -0.1) is 0 Å². The van der Waals surface area contributed by atoms with Gasteiger partial charge >= 0.3 is 5.69 Å². The van der Waals surface area contributed by atoms with Crippen LogP contribution in [0.2, 0.25) is 0 Å². The molecule has 12 heteroatoms. The zero-order chi connectivity index (χ0) is 22.2. The maximum Gasteiger partial charge on any atom is 0.340 e. The van der Waals surface area contributed by atoms with E-state index >= 15 is 0 Å². The number of aromatic nitrogens is 2. The standard InChI is InChI=1S/C18H19FN2O9/c1-28-10-5-3-4-8(14(10)29-2)15(25)21-16(26)9(19)6-20(18(21)27)17-13(24)12(23)11(7-22)30-17/h3-6,11-13,17,22-24H,7H2,1-2H3/t11-,12-,13-,17-/m1/s1. The summed E-state index contributed by atoms with van der Waals surface area (Å²) in [5.41, 5.74) is -3.11. The number of aliphatic hydroxyl groups excluding tert-OH is 3. The summed E-state index contributed by atoms with van der Waals surface area (Å²) < 4.78 is 30.2. The van der Waals surface area contributed by atoms with Gasteiger partial charge in [-0.3, -0.25) is 14.2 Å². The highest BCUT2D eigenvalue weighted by Crippen LogP contribution is 2.31. The molecule has 2 heterocycles. The van der Waals surface area contributed by atoms with Crippen LogP contribution in [0.4, 0.5) is 4.39 Å². The fourth-order valence-electron chi connectivity index (χ4n) is 3.19. The molecule has 1 fully saturated rings. The van der Waals surface area contributed by atoms with Crippen LogP contribution < -0.4 is 20.7 Å². The number of para-hydroxylation sites is 1.